The minimum atomic E-state index is -2.96. The summed E-state index contributed by atoms with van der Waals surface area (Å²) >= 11 is 0. The number of rotatable bonds is 8. The fraction of sp³-hybridized carbons (Fsp3) is 0.318. The van der Waals surface area contributed by atoms with Crippen LogP contribution >= 0.6 is 0 Å². The van der Waals surface area contributed by atoms with Gasteiger partial charge in [-0.15, -0.1) is 0 Å². The standard InChI is InChI=1S/C22H23FN2O4/c1-15-9-11-18(12-10-15)22(23,14-24)21(27)25-19(20(26)28-3)16(2)29-13-17-7-5-4-6-8-17/h4-12,16,19H,13H2,1-3H3,(H,25,27)/t16?,19-,22?/m0/s1. The van der Waals surface area contributed by atoms with Crippen molar-refractivity contribution >= 4 is 11.9 Å². The summed E-state index contributed by atoms with van der Waals surface area (Å²) in [6, 6.07) is 15.3. The first-order valence-electron chi connectivity index (χ1n) is 9.03. The fourth-order valence-electron chi connectivity index (χ4n) is 2.66. The Hall–Kier alpha value is -3.24. The normalized spacial score (nSPS) is 14.7. The van der Waals surface area contributed by atoms with E-state index in [-0.39, 0.29) is 12.2 Å². The van der Waals surface area contributed by atoms with Gasteiger partial charge in [0.2, 0.25) is 0 Å². The van der Waals surface area contributed by atoms with E-state index in [9.17, 15) is 14.9 Å². The third kappa shape index (κ3) is 5.39. The van der Waals surface area contributed by atoms with Gasteiger partial charge in [0.25, 0.3) is 11.6 Å². The molecule has 1 N–H and O–H groups in total. The molecule has 6 nitrogen and oxygen atoms in total. The highest BCUT2D eigenvalue weighted by Gasteiger charge is 2.44. The van der Waals surface area contributed by atoms with Gasteiger partial charge < -0.3 is 14.8 Å². The van der Waals surface area contributed by atoms with Crippen molar-refractivity contribution in [3.63, 3.8) is 0 Å². The Labute approximate surface area is 169 Å². The Morgan fingerprint density at radius 2 is 1.79 bits per heavy atom. The number of nitrogens with zero attached hydrogens (tertiary/aromatic N) is 1. The molecule has 0 aliphatic carbocycles. The van der Waals surface area contributed by atoms with Gasteiger partial charge in [0.1, 0.15) is 6.07 Å². The number of ether oxygens (including phenoxy) is 2. The first-order valence-corrected chi connectivity index (χ1v) is 9.03. The molecule has 0 fully saturated rings. The SMILES string of the molecule is COC(=O)[C@@H](NC(=O)C(F)(C#N)c1ccc(C)cc1)C(C)OCc1ccccc1. The molecular formula is C22H23FN2O4. The Morgan fingerprint density at radius 3 is 2.34 bits per heavy atom. The van der Waals surface area contributed by atoms with Crippen LogP contribution in [0.5, 0.6) is 0 Å². The summed E-state index contributed by atoms with van der Waals surface area (Å²) in [7, 11) is 1.15. The minimum absolute atomic E-state index is 0.121. The van der Waals surface area contributed by atoms with Crippen molar-refractivity contribution in [2.75, 3.05) is 7.11 Å². The molecule has 0 bridgehead atoms. The van der Waals surface area contributed by atoms with Gasteiger partial charge in [0, 0.05) is 5.56 Å². The van der Waals surface area contributed by atoms with Gasteiger partial charge in [-0.2, -0.15) is 5.26 Å². The van der Waals surface area contributed by atoms with Crippen molar-refractivity contribution in [3.8, 4) is 6.07 Å². The van der Waals surface area contributed by atoms with E-state index in [4.69, 9.17) is 9.47 Å². The van der Waals surface area contributed by atoms with E-state index >= 15 is 4.39 Å². The van der Waals surface area contributed by atoms with E-state index in [2.05, 4.69) is 5.32 Å². The van der Waals surface area contributed by atoms with Crippen LogP contribution in [-0.2, 0) is 31.3 Å². The predicted octanol–water partition coefficient (Wildman–Crippen LogP) is 2.95. The zero-order valence-corrected chi connectivity index (χ0v) is 16.5. The highest BCUT2D eigenvalue weighted by molar-refractivity contribution is 5.93. The molecule has 3 atom stereocenters. The third-order valence-corrected chi connectivity index (χ3v) is 4.48. The summed E-state index contributed by atoms with van der Waals surface area (Å²) in [5, 5.41) is 11.6. The number of aryl methyl sites for hydroxylation is 1. The van der Waals surface area contributed by atoms with E-state index in [1.807, 2.05) is 30.3 Å². The Balaban J connectivity index is 2.17. The van der Waals surface area contributed by atoms with Crippen molar-refractivity contribution in [3.05, 3.63) is 71.3 Å². The largest absolute Gasteiger partial charge is 0.467 e. The molecule has 0 aliphatic rings. The van der Waals surface area contributed by atoms with Crippen molar-refractivity contribution in [1.29, 1.82) is 5.26 Å². The number of hydrogen-bond acceptors (Lipinski definition) is 5. The molecule has 152 valence electrons. The summed E-state index contributed by atoms with van der Waals surface area (Å²) in [4.78, 5) is 24.8. The monoisotopic (exact) mass is 398 g/mol. The topological polar surface area (TPSA) is 88.4 Å². The van der Waals surface area contributed by atoms with Gasteiger partial charge in [0.15, 0.2) is 6.04 Å². The molecule has 0 saturated carbocycles. The summed E-state index contributed by atoms with van der Waals surface area (Å²) in [6.45, 7) is 3.54. The van der Waals surface area contributed by atoms with E-state index in [1.165, 1.54) is 18.2 Å². The van der Waals surface area contributed by atoms with Gasteiger partial charge in [-0.05, 0) is 19.4 Å². The summed E-state index contributed by atoms with van der Waals surface area (Å²) in [6.07, 6.45) is -0.826. The number of nitriles is 1. The van der Waals surface area contributed by atoms with E-state index in [0.717, 1.165) is 18.2 Å². The number of benzene rings is 2. The van der Waals surface area contributed by atoms with Gasteiger partial charge in [0.05, 0.1) is 19.8 Å². The highest BCUT2D eigenvalue weighted by Crippen LogP contribution is 2.26. The number of carbonyl (C=O) groups is 2. The zero-order chi connectivity index (χ0) is 21.4. The molecule has 0 aliphatic heterocycles. The van der Waals surface area contributed by atoms with E-state index in [1.54, 1.807) is 26.0 Å². The van der Waals surface area contributed by atoms with Crippen LogP contribution in [0.25, 0.3) is 0 Å². The lowest BCUT2D eigenvalue weighted by molar-refractivity contribution is -0.151. The van der Waals surface area contributed by atoms with E-state index < -0.39 is 29.7 Å². The molecule has 2 aromatic carbocycles. The lowest BCUT2D eigenvalue weighted by Gasteiger charge is -2.26. The minimum Gasteiger partial charge on any atom is -0.467 e. The number of nitrogens with one attached hydrogen (secondary N) is 1. The molecule has 0 aromatic heterocycles. The predicted molar refractivity (Wildman–Crippen MR) is 104 cm³/mol. The van der Waals surface area contributed by atoms with Crippen LogP contribution < -0.4 is 5.32 Å². The fourth-order valence-corrected chi connectivity index (χ4v) is 2.66. The number of alkyl halides is 1. The molecule has 0 spiro atoms. The van der Waals surface area contributed by atoms with Crippen LogP contribution in [0.1, 0.15) is 23.6 Å². The smallest absolute Gasteiger partial charge is 0.331 e. The highest BCUT2D eigenvalue weighted by atomic mass is 19.1. The van der Waals surface area contributed by atoms with E-state index in [0.29, 0.717) is 0 Å². The average molecular weight is 398 g/mol. The number of halogens is 1. The quantitative estimate of drug-likeness (QED) is 0.691. The second kappa shape index (κ2) is 9.80. The maximum absolute atomic E-state index is 15.3. The van der Waals surface area contributed by atoms with Crippen molar-refractivity contribution in [2.45, 2.75) is 38.3 Å². The van der Waals surface area contributed by atoms with Crippen LogP contribution in [0, 0.1) is 18.3 Å². The van der Waals surface area contributed by atoms with Crippen LogP contribution in [0.3, 0.4) is 0 Å². The second-order valence-electron chi connectivity index (χ2n) is 6.61. The second-order valence-corrected chi connectivity index (χ2v) is 6.61. The number of hydrogen-bond donors (Lipinski definition) is 1. The molecule has 29 heavy (non-hydrogen) atoms. The average Bonchev–Trinajstić information content (AvgIpc) is 2.75. The summed E-state index contributed by atoms with van der Waals surface area (Å²) in [5.41, 5.74) is -1.36. The first-order chi connectivity index (χ1) is 13.8. The summed E-state index contributed by atoms with van der Waals surface area (Å²) in [5.74, 6) is -2.06. The lowest BCUT2D eigenvalue weighted by atomic mass is 9.95. The summed E-state index contributed by atoms with van der Waals surface area (Å²) < 4.78 is 25.6. The molecular weight excluding hydrogens is 375 g/mol. The van der Waals surface area contributed by atoms with Crippen LogP contribution in [0.4, 0.5) is 4.39 Å². The molecule has 0 saturated heterocycles. The number of methoxy groups -OCH3 is 1. The maximum atomic E-state index is 15.3. The van der Waals surface area contributed by atoms with Crippen molar-refractivity contribution in [1.82, 2.24) is 5.32 Å². The Bertz CT molecular complexity index is 880. The van der Waals surface area contributed by atoms with Gasteiger partial charge in [-0.3, -0.25) is 4.79 Å². The maximum Gasteiger partial charge on any atom is 0.331 e. The van der Waals surface area contributed by atoms with Gasteiger partial charge in [-0.1, -0.05) is 60.2 Å². The van der Waals surface area contributed by atoms with Crippen molar-refractivity contribution in [2.24, 2.45) is 0 Å². The lowest BCUT2D eigenvalue weighted by Crippen LogP contribution is -2.53. The first kappa shape index (κ1) is 22.1. The molecule has 7 heteroatoms. The molecule has 0 radical (unpaired) electrons. The van der Waals surface area contributed by atoms with Crippen molar-refractivity contribution < 1.29 is 23.5 Å². The van der Waals surface area contributed by atoms with Gasteiger partial charge >= 0.3 is 5.97 Å². The Morgan fingerprint density at radius 1 is 1.17 bits per heavy atom. The molecule has 2 rings (SSSR count). The molecule has 2 unspecified atom stereocenters. The van der Waals surface area contributed by atoms with Gasteiger partial charge in [-0.25, -0.2) is 9.18 Å². The van der Waals surface area contributed by atoms with Crippen LogP contribution in [0.15, 0.2) is 54.6 Å². The van der Waals surface area contributed by atoms with Crippen LogP contribution in [0.2, 0.25) is 0 Å². The molecule has 1 amide bonds. The third-order valence-electron chi connectivity index (χ3n) is 4.48. The number of carbonyl (C=O) groups excluding carboxylic acids is 2. The number of esters is 1. The Kier molecular flexibility index (Phi) is 7.46. The molecule has 2 aromatic rings. The molecule has 0 heterocycles. The van der Waals surface area contributed by atoms with Crippen LogP contribution in [-0.4, -0.2) is 31.1 Å². The number of amides is 1. The zero-order valence-electron chi connectivity index (χ0n) is 16.5.